The van der Waals surface area contributed by atoms with Crippen LogP contribution in [0.2, 0.25) is 0 Å². The molecule has 98 valence electrons. The first-order chi connectivity index (χ1) is 8.74. The van der Waals surface area contributed by atoms with Gasteiger partial charge in [-0.2, -0.15) is 5.10 Å². The van der Waals surface area contributed by atoms with Crippen LogP contribution in [-0.2, 0) is 6.42 Å². The van der Waals surface area contributed by atoms with Gasteiger partial charge in [-0.15, -0.1) is 11.3 Å². The third-order valence-electron chi connectivity index (χ3n) is 3.21. The lowest BCUT2D eigenvalue weighted by molar-refractivity contribution is 0.467. The van der Waals surface area contributed by atoms with Crippen LogP contribution in [-0.4, -0.2) is 9.78 Å². The van der Waals surface area contributed by atoms with Gasteiger partial charge in [-0.1, -0.05) is 13.0 Å². The Bertz CT molecular complexity index is 463. The minimum absolute atomic E-state index is 0.144. The topological polar surface area (TPSA) is 55.9 Å². The van der Waals surface area contributed by atoms with Crippen molar-refractivity contribution in [3.05, 3.63) is 40.3 Å². The maximum atomic E-state index is 5.63. The van der Waals surface area contributed by atoms with Crippen molar-refractivity contribution in [2.24, 2.45) is 5.84 Å². The summed E-state index contributed by atoms with van der Waals surface area (Å²) < 4.78 is 2.03. The highest BCUT2D eigenvalue weighted by molar-refractivity contribution is 7.10. The summed E-state index contributed by atoms with van der Waals surface area (Å²) in [5.41, 5.74) is 3.94. The summed E-state index contributed by atoms with van der Waals surface area (Å²) in [4.78, 5) is 1.25. The minimum atomic E-state index is 0.144. The summed E-state index contributed by atoms with van der Waals surface area (Å²) in [7, 11) is 0. The molecule has 0 saturated carbocycles. The maximum absolute atomic E-state index is 5.63. The Morgan fingerprint density at radius 2 is 2.33 bits per heavy atom. The van der Waals surface area contributed by atoms with E-state index in [0.29, 0.717) is 6.04 Å². The monoisotopic (exact) mass is 264 g/mol. The average Bonchev–Trinajstić information content (AvgIpc) is 3.05. The molecule has 2 aromatic heterocycles. The largest absolute Gasteiger partial charge is 0.271 e. The number of hydrogen-bond acceptors (Lipinski definition) is 4. The third kappa shape index (κ3) is 2.98. The molecular weight excluding hydrogens is 244 g/mol. The van der Waals surface area contributed by atoms with E-state index in [-0.39, 0.29) is 6.04 Å². The molecule has 2 atom stereocenters. The Kier molecular flexibility index (Phi) is 4.52. The number of nitrogens with one attached hydrogen (secondary N) is 1. The number of hydrogen-bond donors (Lipinski definition) is 2. The molecule has 0 aliphatic carbocycles. The quantitative estimate of drug-likeness (QED) is 0.623. The molecule has 0 radical (unpaired) electrons. The van der Waals surface area contributed by atoms with E-state index in [1.165, 1.54) is 4.88 Å². The van der Waals surface area contributed by atoms with E-state index in [2.05, 4.69) is 41.9 Å². The lowest BCUT2D eigenvalue weighted by Crippen LogP contribution is -2.29. The zero-order valence-corrected chi connectivity index (χ0v) is 11.7. The first kappa shape index (κ1) is 13.3. The van der Waals surface area contributed by atoms with Crippen molar-refractivity contribution in [1.29, 1.82) is 0 Å². The predicted octanol–water partition coefficient (Wildman–Crippen LogP) is 2.66. The van der Waals surface area contributed by atoms with E-state index >= 15 is 0 Å². The van der Waals surface area contributed by atoms with E-state index in [1.807, 2.05) is 16.9 Å². The number of rotatable bonds is 6. The summed E-state index contributed by atoms with van der Waals surface area (Å²) in [6.45, 7) is 4.34. The van der Waals surface area contributed by atoms with Crippen molar-refractivity contribution < 1.29 is 0 Å². The predicted molar refractivity (Wildman–Crippen MR) is 75.3 cm³/mol. The molecule has 0 saturated heterocycles. The van der Waals surface area contributed by atoms with Gasteiger partial charge in [-0.25, -0.2) is 0 Å². The number of aromatic nitrogens is 2. The second-order valence-corrected chi connectivity index (χ2v) is 5.46. The van der Waals surface area contributed by atoms with Crippen molar-refractivity contribution in [3.8, 4) is 0 Å². The average molecular weight is 264 g/mol. The second-order valence-electron chi connectivity index (χ2n) is 4.48. The molecule has 0 fully saturated rings. The van der Waals surface area contributed by atoms with Crippen LogP contribution in [0.15, 0.2) is 29.8 Å². The molecule has 18 heavy (non-hydrogen) atoms. The van der Waals surface area contributed by atoms with Gasteiger partial charge in [0, 0.05) is 23.5 Å². The number of nitrogens with zero attached hydrogens (tertiary/aromatic N) is 2. The zero-order valence-electron chi connectivity index (χ0n) is 10.8. The van der Waals surface area contributed by atoms with Crippen LogP contribution in [0, 0.1) is 0 Å². The highest BCUT2D eigenvalue weighted by Gasteiger charge is 2.14. The molecule has 3 N–H and O–H groups in total. The Hall–Kier alpha value is -1.17. The Labute approximate surface area is 112 Å². The number of thiophene rings is 1. The molecule has 2 heterocycles. The summed E-state index contributed by atoms with van der Waals surface area (Å²) in [6, 6.07) is 6.81. The first-order valence-electron chi connectivity index (χ1n) is 6.28. The van der Waals surface area contributed by atoms with Gasteiger partial charge in [0.2, 0.25) is 0 Å². The highest BCUT2D eigenvalue weighted by atomic mass is 32.1. The van der Waals surface area contributed by atoms with Crippen molar-refractivity contribution in [1.82, 2.24) is 15.2 Å². The van der Waals surface area contributed by atoms with Crippen LogP contribution >= 0.6 is 11.3 Å². The van der Waals surface area contributed by atoms with E-state index in [0.717, 1.165) is 18.5 Å². The smallest absolute Gasteiger partial charge is 0.0644 e. The van der Waals surface area contributed by atoms with Gasteiger partial charge in [0.25, 0.3) is 0 Å². The van der Waals surface area contributed by atoms with Gasteiger partial charge < -0.3 is 0 Å². The lowest BCUT2D eigenvalue weighted by Gasteiger charge is -2.13. The maximum Gasteiger partial charge on any atom is 0.0644 e. The SMILES string of the molecule is CCC(C)n1ccc(CC(NN)c2cccs2)n1. The molecular formula is C13H20N4S. The summed E-state index contributed by atoms with van der Waals surface area (Å²) in [5.74, 6) is 5.63. The van der Waals surface area contributed by atoms with Crippen LogP contribution in [0.4, 0.5) is 0 Å². The fourth-order valence-corrected chi connectivity index (χ4v) is 2.65. The highest BCUT2D eigenvalue weighted by Crippen LogP contribution is 2.22. The molecule has 0 aromatic carbocycles. The molecule has 5 heteroatoms. The van der Waals surface area contributed by atoms with Crippen LogP contribution in [0.25, 0.3) is 0 Å². The Morgan fingerprint density at radius 1 is 1.50 bits per heavy atom. The van der Waals surface area contributed by atoms with Crippen molar-refractivity contribution in [2.45, 2.75) is 38.8 Å². The van der Waals surface area contributed by atoms with Gasteiger partial charge in [0.1, 0.15) is 0 Å². The standard InChI is InChI=1S/C13H20N4S/c1-3-10(2)17-7-6-11(16-17)9-12(15-14)13-5-4-8-18-13/h4-8,10,12,15H,3,9,14H2,1-2H3. The van der Waals surface area contributed by atoms with Crippen LogP contribution < -0.4 is 11.3 Å². The van der Waals surface area contributed by atoms with Gasteiger partial charge in [-0.3, -0.25) is 16.0 Å². The lowest BCUT2D eigenvalue weighted by atomic mass is 10.1. The van der Waals surface area contributed by atoms with Gasteiger partial charge in [0.05, 0.1) is 11.7 Å². The number of nitrogens with two attached hydrogens (primary N) is 1. The summed E-state index contributed by atoms with van der Waals surface area (Å²) in [5, 5.41) is 6.67. The minimum Gasteiger partial charge on any atom is -0.271 e. The van der Waals surface area contributed by atoms with Crippen LogP contribution in [0.1, 0.15) is 42.9 Å². The molecule has 0 amide bonds. The first-order valence-corrected chi connectivity index (χ1v) is 7.16. The number of hydrazine groups is 1. The van der Waals surface area contributed by atoms with Gasteiger partial charge >= 0.3 is 0 Å². The molecule has 2 rings (SSSR count). The fraction of sp³-hybridized carbons (Fsp3) is 0.462. The second kappa shape index (κ2) is 6.13. The van der Waals surface area contributed by atoms with Gasteiger partial charge in [-0.05, 0) is 30.9 Å². The van der Waals surface area contributed by atoms with E-state index in [4.69, 9.17) is 5.84 Å². The van der Waals surface area contributed by atoms with Crippen LogP contribution in [0.3, 0.4) is 0 Å². The molecule has 2 aromatic rings. The van der Waals surface area contributed by atoms with E-state index in [9.17, 15) is 0 Å². The van der Waals surface area contributed by atoms with E-state index < -0.39 is 0 Å². The van der Waals surface area contributed by atoms with Crippen molar-refractivity contribution >= 4 is 11.3 Å². The molecule has 4 nitrogen and oxygen atoms in total. The van der Waals surface area contributed by atoms with Crippen molar-refractivity contribution in [2.75, 3.05) is 0 Å². The molecule has 0 bridgehead atoms. The third-order valence-corrected chi connectivity index (χ3v) is 4.19. The molecule has 0 aliphatic rings. The van der Waals surface area contributed by atoms with Gasteiger partial charge in [0.15, 0.2) is 0 Å². The van der Waals surface area contributed by atoms with Crippen molar-refractivity contribution in [3.63, 3.8) is 0 Å². The molecule has 0 aliphatic heterocycles. The molecule has 2 unspecified atom stereocenters. The summed E-state index contributed by atoms with van der Waals surface area (Å²) >= 11 is 1.72. The van der Waals surface area contributed by atoms with E-state index in [1.54, 1.807) is 11.3 Å². The zero-order chi connectivity index (χ0) is 13.0. The fourth-order valence-electron chi connectivity index (χ4n) is 1.86. The summed E-state index contributed by atoms with van der Waals surface area (Å²) in [6.07, 6.45) is 3.95. The normalized spacial score (nSPS) is 14.6. The molecule has 0 spiro atoms. The van der Waals surface area contributed by atoms with Crippen LogP contribution in [0.5, 0.6) is 0 Å². The Morgan fingerprint density at radius 3 is 2.94 bits per heavy atom. The Balaban J connectivity index is 2.06.